The Balaban J connectivity index is 1.09. The van der Waals surface area contributed by atoms with Crippen molar-refractivity contribution in [3.63, 3.8) is 0 Å². The Morgan fingerprint density at radius 2 is 1.79 bits per heavy atom. The monoisotopic (exact) mass is 680 g/mol. The van der Waals surface area contributed by atoms with Crippen molar-refractivity contribution in [3.05, 3.63) is 82.1 Å². The molecule has 0 aliphatic carbocycles. The highest BCUT2D eigenvalue weighted by Gasteiger charge is 2.33. The Hall–Kier alpha value is -4.40. The molecule has 2 fully saturated rings. The summed E-state index contributed by atoms with van der Waals surface area (Å²) >= 11 is 1.53. The second-order valence-corrected chi connectivity index (χ2v) is 13.8. The molecule has 0 bridgehead atoms. The number of pyridine rings is 1. The topological polar surface area (TPSA) is 137 Å². The molecule has 2 saturated heterocycles. The molecule has 0 radical (unpaired) electrons. The van der Waals surface area contributed by atoms with E-state index in [0.717, 1.165) is 71.8 Å². The molecule has 0 spiro atoms. The average molecular weight is 681 g/mol. The van der Waals surface area contributed by atoms with Crippen LogP contribution in [0.25, 0.3) is 10.2 Å². The summed E-state index contributed by atoms with van der Waals surface area (Å²) in [6.45, 7) is 5.74. The number of aromatic nitrogens is 2. The van der Waals surface area contributed by atoms with Crippen LogP contribution in [-0.2, 0) is 27.9 Å². The Morgan fingerprint density at radius 3 is 2.42 bits per heavy atom. The van der Waals surface area contributed by atoms with E-state index in [-0.39, 0.29) is 23.3 Å². The van der Waals surface area contributed by atoms with Crippen molar-refractivity contribution in [2.24, 2.45) is 0 Å². The normalized spacial score (nSPS) is 18.2. The Morgan fingerprint density at radius 1 is 1.06 bits per heavy atom. The van der Waals surface area contributed by atoms with Gasteiger partial charge in [-0.05, 0) is 88.2 Å². The lowest BCUT2D eigenvalue weighted by molar-refractivity contribution is -0.141. The van der Waals surface area contributed by atoms with E-state index in [2.05, 4.69) is 25.8 Å². The number of aliphatic hydroxyl groups is 1. The molecule has 2 aliphatic rings. The summed E-state index contributed by atoms with van der Waals surface area (Å²) in [5.74, 6) is -0.931. The first-order chi connectivity index (χ1) is 22.7. The number of alkyl halides is 3. The number of fused-ring (bicyclic) bond motifs is 1. The fraction of sp³-hybridized carbons (Fsp3) is 0.382. The van der Waals surface area contributed by atoms with Gasteiger partial charge in [-0.3, -0.25) is 29.6 Å². The molecule has 252 valence electrons. The van der Waals surface area contributed by atoms with E-state index in [0.29, 0.717) is 29.6 Å². The lowest BCUT2D eigenvalue weighted by Crippen LogP contribution is -2.47. The number of anilines is 2. The minimum Gasteiger partial charge on any atom is -0.386 e. The predicted molar refractivity (Wildman–Crippen MR) is 176 cm³/mol. The summed E-state index contributed by atoms with van der Waals surface area (Å²) in [4.78, 5) is 47.1. The van der Waals surface area contributed by atoms with Gasteiger partial charge in [-0.25, -0.2) is 4.98 Å². The number of thiazole rings is 1. The molecule has 14 heteroatoms. The first-order valence-corrected chi connectivity index (χ1v) is 16.5. The van der Waals surface area contributed by atoms with Gasteiger partial charge in [0.1, 0.15) is 11.7 Å². The number of likely N-dealkylation sites (tertiary alicyclic amines) is 1. The van der Waals surface area contributed by atoms with E-state index in [9.17, 15) is 32.7 Å². The minimum absolute atomic E-state index is 0.0404. The summed E-state index contributed by atoms with van der Waals surface area (Å²) in [7, 11) is 0. The highest BCUT2D eigenvalue weighted by molar-refractivity contribution is 7.18. The second kappa shape index (κ2) is 13.2. The molecule has 1 atom stereocenters. The van der Waals surface area contributed by atoms with E-state index in [1.807, 2.05) is 24.3 Å². The van der Waals surface area contributed by atoms with E-state index in [1.54, 1.807) is 26.0 Å². The van der Waals surface area contributed by atoms with E-state index in [1.165, 1.54) is 11.3 Å². The van der Waals surface area contributed by atoms with Crippen LogP contribution in [0.3, 0.4) is 0 Å². The second-order valence-electron chi connectivity index (χ2n) is 12.8. The molecular weight excluding hydrogens is 645 g/mol. The van der Waals surface area contributed by atoms with Crippen LogP contribution in [0.1, 0.15) is 77.6 Å². The molecular formula is C34H35F3N6O4S. The number of hydrogen-bond acceptors (Lipinski definition) is 9. The smallest absolute Gasteiger partial charge is 0.386 e. The average Bonchev–Trinajstić information content (AvgIpc) is 3.45. The van der Waals surface area contributed by atoms with Crippen LogP contribution in [-0.4, -0.2) is 56.8 Å². The van der Waals surface area contributed by atoms with Crippen LogP contribution in [0.2, 0.25) is 0 Å². The molecule has 2 aromatic carbocycles. The molecule has 2 aliphatic heterocycles. The third kappa shape index (κ3) is 7.66. The summed E-state index contributed by atoms with van der Waals surface area (Å²) in [5.41, 5.74) is 1.02. The number of nitrogens with one attached hydrogen (secondary N) is 3. The van der Waals surface area contributed by atoms with Crippen LogP contribution < -0.4 is 16.0 Å². The van der Waals surface area contributed by atoms with Crippen molar-refractivity contribution in [1.82, 2.24) is 20.2 Å². The summed E-state index contributed by atoms with van der Waals surface area (Å²) < 4.78 is 39.6. The van der Waals surface area contributed by atoms with Gasteiger partial charge in [0.2, 0.25) is 11.8 Å². The van der Waals surface area contributed by atoms with Gasteiger partial charge >= 0.3 is 6.18 Å². The number of hydrogen-bond donors (Lipinski definition) is 4. The third-order valence-corrected chi connectivity index (χ3v) is 9.83. The zero-order valence-electron chi connectivity index (χ0n) is 26.4. The Labute approximate surface area is 278 Å². The van der Waals surface area contributed by atoms with Crippen molar-refractivity contribution < 1.29 is 32.7 Å². The summed E-state index contributed by atoms with van der Waals surface area (Å²) in [6, 6.07) is 12.9. The number of piperidine rings is 2. The molecule has 10 nitrogen and oxygen atoms in total. The number of amides is 3. The Bertz CT molecular complexity index is 1830. The SMILES string of the molecule is CC(C)(O)c1cc2nc(C3CCN(Cc4ccc(NC5CCC(=O)NC5=O)cc4)CC3)sc2cc1NC(=O)c1ccc(C(F)(F)F)nc1. The molecule has 4 heterocycles. The maximum Gasteiger partial charge on any atom is 0.433 e. The number of halogens is 3. The van der Waals surface area contributed by atoms with Crippen LogP contribution in [0.15, 0.2) is 54.7 Å². The third-order valence-electron chi connectivity index (χ3n) is 8.64. The van der Waals surface area contributed by atoms with E-state index >= 15 is 0 Å². The fourth-order valence-corrected chi connectivity index (χ4v) is 7.16. The largest absolute Gasteiger partial charge is 0.433 e. The van der Waals surface area contributed by atoms with Crippen molar-refractivity contribution >= 4 is 50.6 Å². The number of nitrogens with zero attached hydrogens (tertiary/aromatic N) is 3. The number of benzene rings is 2. The predicted octanol–water partition coefficient (Wildman–Crippen LogP) is 5.79. The van der Waals surface area contributed by atoms with Gasteiger partial charge in [-0.1, -0.05) is 12.1 Å². The van der Waals surface area contributed by atoms with Gasteiger partial charge in [0.05, 0.1) is 26.4 Å². The highest BCUT2D eigenvalue weighted by Crippen LogP contribution is 2.39. The van der Waals surface area contributed by atoms with Crippen LogP contribution >= 0.6 is 11.3 Å². The molecule has 2 aromatic heterocycles. The van der Waals surface area contributed by atoms with E-state index < -0.39 is 29.4 Å². The van der Waals surface area contributed by atoms with Gasteiger partial charge < -0.3 is 15.7 Å². The number of carbonyl (C=O) groups is 3. The van der Waals surface area contributed by atoms with Crippen LogP contribution in [0, 0.1) is 0 Å². The van der Waals surface area contributed by atoms with Crippen molar-refractivity contribution in [2.45, 2.75) is 69.8 Å². The number of imide groups is 1. The van der Waals surface area contributed by atoms with Gasteiger partial charge in [0.15, 0.2) is 0 Å². The van der Waals surface area contributed by atoms with Gasteiger partial charge in [0, 0.05) is 42.0 Å². The van der Waals surface area contributed by atoms with Crippen molar-refractivity contribution in [3.8, 4) is 0 Å². The summed E-state index contributed by atoms with van der Waals surface area (Å²) in [5, 5.41) is 20.2. The quantitative estimate of drug-likeness (QED) is 0.172. The maximum absolute atomic E-state index is 13.0. The van der Waals surface area contributed by atoms with Gasteiger partial charge in [-0.2, -0.15) is 13.2 Å². The highest BCUT2D eigenvalue weighted by atomic mass is 32.1. The zero-order chi connectivity index (χ0) is 34.2. The number of carbonyl (C=O) groups excluding carboxylic acids is 3. The number of rotatable bonds is 8. The molecule has 4 aromatic rings. The standard InChI is InChI=1S/C34H35F3N6O4S/c1-33(2,47)23-15-26-27(16-25(23)40-30(45)21-5-9-28(38-17-21)34(35,36)37)48-32(41-26)20-11-13-43(14-12-20)18-19-3-6-22(7-4-19)39-24-8-10-29(44)42-31(24)46/h3-7,9,15-17,20,24,39,47H,8,10-14,18H2,1-2H3,(H,40,45)(H,42,44,46). The molecule has 3 amide bonds. The summed E-state index contributed by atoms with van der Waals surface area (Å²) in [6.07, 6.45) is -1.11. The fourth-order valence-electron chi connectivity index (χ4n) is 6.00. The van der Waals surface area contributed by atoms with Gasteiger partial charge in [-0.15, -0.1) is 11.3 Å². The van der Waals surface area contributed by atoms with Crippen molar-refractivity contribution in [2.75, 3.05) is 23.7 Å². The Kier molecular flexibility index (Phi) is 9.25. The molecule has 4 N–H and O–H groups in total. The molecule has 1 unspecified atom stereocenters. The first kappa shape index (κ1) is 33.5. The molecule has 6 rings (SSSR count). The van der Waals surface area contributed by atoms with Crippen LogP contribution in [0.4, 0.5) is 24.5 Å². The zero-order valence-corrected chi connectivity index (χ0v) is 27.2. The van der Waals surface area contributed by atoms with E-state index in [4.69, 9.17) is 4.98 Å². The lowest BCUT2D eigenvalue weighted by Gasteiger charge is -2.31. The lowest BCUT2D eigenvalue weighted by atomic mass is 9.95. The van der Waals surface area contributed by atoms with Crippen molar-refractivity contribution in [1.29, 1.82) is 0 Å². The molecule has 0 saturated carbocycles. The van der Waals surface area contributed by atoms with Crippen LogP contribution in [0.5, 0.6) is 0 Å². The first-order valence-electron chi connectivity index (χ1n) is 15.7. The molecule has 48 heavy (non-hydrogen) atoms. The minimum atomic E-state index is -4.61. The maximum atomic E-state index is 13.0. The van der Waals surface area contributed by atoms with Gasteiger partial charge in [0.25, 0.3) is 5.91 Å².